The van der Waals surface area contributed by atoms with Crippen LogP contribution in [0.4, 0.5) is 8.78 Å². The summed E-state index contributed by atoms with van der Waals surface area (Å²) in [4.78, 5) is -0.750. The Kier molecular flexibility index (Phi) is 5.00. The maximum absolute atomic E-state index is 13.7. The molecular weight excluding hydrogens is 308 g/mol. The maximum Gasteiger partial charge on any atom is 0.243 e. The van der Waals surface area contributed by atoms with Gasteiger partial charge in [-0.25, -0.2) is 21.9 Å². The van der Waals surface area contributed by atoms with Gasteiger partial charge in [0.15, 0.2) is 11.6 Å². The molecule has 0 unspecified atom stereocenters. The fraction of sp³-hybridized carbons (Fsp3) is 0.500. The molecule has 1 fully saturated rings. The van der Waals surface area contributed by atoms with E-state index in [0.29, 0.717) is 12.8 Å². The minimum absolute atomic E-state index is 0.0171. The maximum atomic E-state index is 13.7. The van der Waals surface area contributed by atoms with Crippen molar-refractivity contribution in [3.63, 3.8) is 0 Å². The lowest BCUT2D eigenvalue weighted by Crippen LogP contribution is -2.37. The van der Waals surface area contributed by atoms with Crippen LogP contribution in [0.25, 0.3) is 0 Å². The van der Waals surface area contributed by atoms with E-state index in [1.165, 1.54) is 0 Å². The summed E-state index contributed by atoms with van der Waals surface area (Å²) in [7, 11) is -4.13. The van der Waals surface area contributed by atoms with Gasteiger partial charge in [-0.05, 0) is 42.0 Å². The number of hydrogen-bond donors (Lipinski definition) is 2. The van der Waals surface area contributed by atoms with Crippen molar-refractivity contribution in [2.24, 2.45) is 0 Å². The highest BCUT2D eigenvalue weighted by atomic mass is 32.2. The summed E-state index contributed by atoms with van der Waals surface area (Å²) in [6.07, 6.45) is 1.32. The second kappa shape index (κ2) is 6.38. The summed E-state index contributed by atoms with van der Waals surface area (Å²) < 4.78 is 53.7. The number of benzene rings is 1. The Morgan fingerprint density at radius 3 is 2.55 bits per heavy atom. The van der Waals surface area contributed by atoms with Gasteiger partial charge in [0.25, 0.3) is 0 Å². The SMILES string of the molecule is O=S(=O)(NC1CCSCC1)c1cc(CO)cc(F)c1F. The predicted molar refractivity (Wildman–Crippen MR) is 72.9 cm³/mol. The number of rotatable bonds is 4. The summed E-state index contributed by atoms with van der Waals surface area (Å²) in [6.45, 7) is -0.556. The first-order valence-electron chi connectivity index (χ1n) is 6.13. The van der Waals surface area contributed by atoms with Gasteiger partial charge in [-0.2, -0.15) is 11.8 Å². The highest BCUT2D eigenvalue weighted by molar-refractivity contribution is 7.99. The lowest BCUT2D eigenvalue weighted by Gasteiger charge is -2.22. The van der Waals surface area contributed by atoms with Crippen molar-refractivity contribution >= 4 is 21.8 Å². The van der Waals surface area contributed by atoms with E-state index in [1.807, 2.05) is 0 Å². The number of aliphatic hydroxyl groups excluding tert-OH is 1. The zero-order valence-electron chi connectivity index (χ0n) is 10.6. The molecule has 0 aliphatic carbocycles. The number of nitrogens with one attached hydrogen (secondary N) is 1. The molecule has 1 aromatic rings. The van der Waals surface area contributed by atoms with Gasteiger partial charge in [-0.15, -0.1) is 0 Å². The van der Waals surface area contributed by atoms with Gasteiger partial charge in [0.1, 0.15) is 4.90 Å². The van der Waals surface area contributed by atoms with E-state index in [1.54, 1.807) is 11.8 Å². The van der Waals surface area contributed by atoms with E-state index in [4.69, 9.17) is 5.11 Å². The molecule has 1 aliphatic rings. The molecule has 1 aliphatic heterocycles. The van der Waals surface area contributed by atoms with Crippen molar-refractivity contribution in [3.05, 3.63) is 29.3 Å². The van der Waals surface area contributed by atoms with Crippen molar-refractivity contribution in [1.82, 2.24) is 4.72 Å². The third-order valence-electron chi connectivity index (χ3n) is 3.07. The molecule has 0 saturated carbocycles. The lowest BCUT2D eigenvalue weighted by molar-refractivity contribution is 0.280. The molecule has 1 saturated heterocycles. The standard InChI is InChI=1S/C12H15F2NO3S2/c13-10-5-8(7-16)6-11(12(10)14)20(17,18)15-9-1-3-19-4-2-9/h5-6,9,15-16H,1-4,7H2. The molecule has 2 rings (SSSR count). The molecule has 0 aromatic heterocycles. The van der Waals surface area contributed by atoms with Crippen LogP contribution >= 0.6 is 11.8 Å². The van der Waals surface area contributed by atoms with Crippen LogP contribution in [0.3, 0.4) is 0 Å². The van der Waals surface area contributed by atoms with Crippen LogP contribution in [0, 0.1) is 11.6 Å². The second-order valence-corrected chi connectivity index (χ2v) is 7.46. The van der Waals surface area contributed by atoms with E-state index < -0.39 is 33.2 Å². The quantitative estimate of drug-likeness (QED) is 0.884. The minimum atomic E-state index is -4.13. The van der Waals surface area contributed by atoms with E-state index in [9.17, 15) is 17.2 Å². The molecule has 0 bridgehead atoms. The Bertz CT molecular complexity index is 587. The first-order valence-corrected chi connectivity index (χ1v) is 8.76. The number of hydrogen-bond acceptors (Lipinski definition) is 4. The van der Waals surface area contributed by atoms with Crippen molar-refractivity contribution in [1.29, 1.82) is 0 Å². The van der Waals surface area contributed by atoms with Gasteiger partial charge >= 0.3 is 0 Å². The van der Waals surface area contributed by atoms with Gasteiger partial charge in [-0.3, -0.25) is 0 Å². The topological polar surface area (TPSA) is 66.4 Å². The first-order chi connectivity index (χ1) is 9.44. The highest BCUT2D eigenvalue weighted by Crippen LogP contribution is 2.23. The van der Waals surface area contributed by atoms with Gasteiger partial charge in [0, 0.05) is 6.04 Å². The van der Waals surface area contributed by atoms with Crippen LogP contribution in [0.1, 0.15) is 18.4 Å². The Morgan fingerprint density at radius 1 is 1.30 bits per heavy atom. The predicted octanol–water partition coefficient (Wildman–Crippen LogP) is 1.63. The first kappa shape index (κ1) is 15.7. The molecule has 4 nitrogen and oxygen atoms in total. The summed E-state index contributed by atoms with van der Waals surface area (Å²) >= 11 is 1.73. The van der Waals surface area contributed by atoms with Crippen LogP contribution in [-0.2, 0) is 16.6 Å². The fourth-order valence-electron chi connectivity index (χ4n) is 2.00. The average Bonchev–Trinajstić information content (AvgIpc) is 2.42. The van der Waals surface area contributed by atoms with Gasteiger partial charge in [0.05, 0.1) is 6.61 Å². The third-order valence-corrected chi connectivity index (χ3v) is 5.64. The lowest BCUT2D eigenvalue weighted by atomic mass is 10.2. The van der Waals surface area contributed by atoms with Gasteiger partial charge in [-0.1, -0.05) is 0 Å². The molecule has 20 heavy (non-hydrogen) atoms. The van der Waals surface area contributed by atoms with E-state index in [2.05, 4.69) is 4.72 Å². The average molecular weight is 323 g/mol. The Morgan fingerprint density at radius 2 is 1.95 bits per heavy atom. The van der Waals surface area contributed by atoms with E-state index >= 15 is 0 Å². The molecule has 1 heterocycles. The number of sulfonamides is 1. The van der Waals surface area contributed by atoms with Crippen LogP contribution in [0.15, 0.2) is 17.0 Å². The molecule has 1 aromatic carbocycles. The zero-order valence-corrected chi connectivity index (χ0v) is 12.2. The van der Waals surface area contributed by atoms with Crippen LogP contribution in [0.5, 0.6) is 0 Å². The Labute approximate surface area is 120 Å². The Balaban J connectivity index is 2.30. The van der Waals surface area contributed by atoms with Gasteiger partial charge < -0.3 is 5.11 Å². The van der Waals surface area contributed by atoms with Crippen LogP contribution in [-0.4, -0.2) is 31.1 Å². The summed E-state index contributed by atoms with van der Waals surface area (Å²) in [5, 5.41) is 8.96. The molecule has 0 atom stereocenters. The van der Waals surface area contributed by atoms with Crippen molar-refractivity contribution in [3.8, 4) is 0 Å². The molecular formula is C12H15F2NO3S2. The molecule has 8 heteroatoms. The highest BCUT2D eigenvalue weighted by Gasteiger charge is 2.26. The molecule has 2 N–H and O–H groups in total. The summed E-state index contributed by atoms with van der Waals surface area (Å²) in [5.74, 6) is -1.03. The number of halogens is 2. The molecule has 0 radical (unpaired) electrons. The monoisotopic (exact) mass is 323 g/mol. The van der Waals surface area contributed by atoms with E-state index in [0.717, 1.165) is 23.6 Å². The molecule has 0 amide bonds. The summed E-state index contributed by atoms with van der Waals surface area (Å²) in [5.41, 5.74) is 0.0171. The number of thioether (sulfide) groups is 1. The number of aliphatic hydroxyl groups is 1. The fourth-order valence-corrected chi connectivity index (χ4v) is 4.55. The smallest absolute Gasteiger partial charge is 0.243 e. The molecule has 0 spiro atoms. The Hall–Kier alpha value is -0.700. The normalized spacial score (nSPS) is 17.4. The van der Waals surface area contributed by atoms with Crippen molar-refractivity contribution < 1.29 is 22.3 Å². The zero-order chi connectivity index (χ0) is 14.8. The van der Waals surface area contributed by atoms with Crippen molar-refractivity contribution in [2.75, 3.05) is 11.5 Å². The van der Waals surface area contributed by atoms with Crippen LogP contribution in [0.2, 0.25) is 0 Å². The van der Waals surface area contributed by atoms with Crippen molar-refractivity contribution in [2.45, 2.75) is 30.4 Å². The summed E-state index contributed by atoms with van der Waals surface area (Å²) in [6, 6.07) is 1.48. The van der Waals surface area contributed by atoms with Crippen LogP contribution < -0.4 is 4.72 Å². The minimum Gasteiger partial charge on any atom is -0.392 e. The molecule has 112 valence electrons. The van der Waals surface area contributed by atoms with Gasteiger partial charge in [0.2, 0.25) is 10.0 Å². The second-order valence-electron chi connectivity index (χ2n) is 4.56. The third kappa shape index (κ3) is 3.49. The largest absolute Gasteiger partial charge is 0.392 e. The van der Waals surface area contributed by atoms with E-state index in [-0.39, 0.29) is 11.6 Å².